The molecule has 1 heterocycles. The molecule has 0 fully saturated rings. The molecule has 8 heavy (non-hydrogen) atoms. The van der Waals surface area contributed by atoms with E-state index in [-0.39, 0.29) is 12.5 Å². The molecule has 0 aromatic heterocycles. The van der Waals surface area contributed by atoms with Gasteiger partial charge in [-0.15, -0.1) is 0 Å². The SMILES string of the molecule is O=C1CN=CC=CO1. The molecule has 0 aliphatic carbocycles. The number of rotatable bonds is 0. The standard InChI is InChI=1S/C5H5NO2/c7-5-4-6-2-1-3-8-5/h1-3H,4H2. The number of carbonyl (C=O) groups is 1. The van der Waals surface area contributed by atoms with E-state index in [1.165, 1.54) is 12.5 Å². The van der Waals surface area contributed by atoms with E-state index in [2.05, 4.69) is 9.73 Å². The molecule has 0 aromatic rings. The summed E-state index contributed by atoms with van der Waals surface area (Å²) in [6.45, 7) is 0.132. The Balaban J connectivity index is 2.58. The summed E-state index contributed by atoms with van der Waals surface area (Å²) in [5.74, 6) is -0.310. The van der Waals surface area contributed by atoms with Crippen molar-refractivity contribution in [2.24, 2.45) is 4.99 Å². The smallest absolute Gasteiger partial charge is 0.332 e. The Kier molecular flexibility index (Phi) is 1.42. The molecule has 0 bridgehead atoms. The van der Waals surface area contributed by atoms with Crippen LogP contribution >= 0.6 is 0 Å². The van der Waals surface area contributed by atoms with E-state index in [1.54, 1.807) is 6.08 Å². The van der Waals surface area contributed by atoms with Crippen molar-refractivity contribution in [3.05, 3.63) is 12.3 Å². The predicted octanol–water partition coefficient (Wildman–Crippen LogP) is 0.128. The summed E-state index contributed by atoms with van der Waals surface area (Å²) in [6.07, 6.45) is 4.43. The zero-order chi connectivity index (χ0) is 5.82. The molecular formula is C5H5NO2. The summed E-state index contributed by atoms with van der Waals surface area (Å²) >= 11 is 0. The first kappa shape index (κ1) is 5.03. The van der Waals surface area contributed by atoms with Crippen LogP contribution in [0.15, 0.2) is 17.3 Å². The molecule has 0 saturated carbocycles. The van der Waals surface area contributed by atoms with Crippen molar-refractivity contribution >= 4 is 12.2 Å². The van der Waals surface area contributed by atoms with Gasteiger partial charge in [-0.05, 0) is 6.08 Å². The number of hydrogen-bond donors (Lipinski definition) is 0. The van der Waals surface area contributed by atoms with E-state index in [1.807, 2.05) is 0 Å². The lowest BCUT2D eigenvalue weighted by Gasteiger charge is -1.87. The molecule has 1 aliphatic heterocycles. The summed E-state index contributed by atoms with van der Waals surface area (Å²) in [5, 5.41) is 0. The van der Waals surface area contributed by atoms with Crippen LogP contribution in [0.1, 0.15) is 0 Å². The van der Waals surface area contributed by atoms with Crippen molar-refractivity contribution in [3.8, 4) is 0 Å². The second-order valence-corrected chi connectivity index (χ2v) is 1.31. The van der Waals surface area contributed by atoms with E-state index in [0.29, 0.717) is 0 Å². The third-order valence-electron chi connectivity index (χ3n) is 0.690. The average molecular weight is 111 g/mol. The molecule has 0 spiro atoms. The molecule has 42 valence electrons. The molecule has 3 nitrogen and oxygen atoms in total. The number of allylic oxidation sites excluding steroid dienone is 1. The predicted molar refractivity (Wildman–Crippen MR) is 28.6 cm³/mol. The summed E-state index contributed by atoms with van der Waals surface area (Å²) in [6, 6.07) is 0. The van der Waals surface area contributed by atoms with Crippen molar-refractivity contribution in [1.82, 2.24) is 0 Å². The highest BCUT2D eigenvalue weighted by Crippen LogP contribution is 1.85. The number of aliphatic imine (C=N–C) groups is 1. The van der Waals surface area contributed by atoms with Crippen molar-refractivity contribution in [1.29, 1.82) is 0 Å². The summed E-state index contributed by atoms with van der Waals surface area (Å²) in [7, 11) is 0. The monoisotopic (exact) mass is 111 g/mol. The number of hydrogen-bond acceptors (Lipinski definition) is 3. The second-order valence-electron chi connectivity index (χ2n) is 1.31. The topological polar surface area (TPSA) is 38.7 Å². The van der Waals surface area contributed by atoms with E-state index in [9.17, 15) is 4.79 Å². The van der Waals surface area contributed by atoms with E-state index in [4.69, 9.17) is 0 Å². The first-order valence-corrected chi connectivity index (χ1v) is 2.24. The van der Waals surface area contributed by atoms with Crippen LogP contribution in [-0.2, 0) is 9.53 Å². The fourth-order valence-electron chi connectivity index (χ4n) is 0.376. The largest absolute Gasteiger partial charge is 0.433 e. The lowest BCUT2D eigenvalue weighted by Crippen LogP contribution is -2.01. The molecule has 1 aliphatic rings. The first-order chi connectivity index (χ1) is 3.89. The molecule has 0 amide bonds. The normalized spacial score (nSPS) is 17.8. The van der Waals surface area contributed by atoms with Gasteiger partial charge in [0.05, 0.1) is 6.26 Å². The van der Waals surface area contributed by atoms with Crippen LogP contribution in [0.4, 0.5) is 0 Å². The Morgan fingerprint density at radius 3 is 3.50 bits per heavy atom. The van der Waals surface area contributed by atoms with Gasteiger partial charge in [-0.25, -0.2) is 4.79 Å². The highest BCUT2D eigenvalue weighted by Gasteiger charge is 1.97. The third kappa shape index (κ3) is 1.18. The number of ether oxygens (including phenoxy) is 1. The average Bonchev–Trinajstić information content (AvgIpc) is 1.94. The van der Waals surface area contributed by atoms with Crippen LogP contribution in [0.2, 0.25) is 0 Å². The van der Waals surface area contributed by atoms with E-state index >= 15 is 0 Å². The fraction of sp³-hybridized carbons (Fsp3) is 0.200. The highest BCUT2D eigenvalue weighted by molar-refractivity contribution is 5.80. The fourth-order valence-corrected chi connectivity index (χ4v) is 0.376. The summed E-state index contributed by atoms with van der Waals surface area (Å²) in [4.78, 5) is 14.0. The molecule has 0 saturated heterocycles. The maximum atomic E-state index is 10.3. The van der Waals surface area contributed by atoms with Gasteiger partial charge in [0.25, 0.3) is 0 Å². The summed E-state index contributed by atoms with van der Waals surface area (Å²) in [5.41, 5.74) is 0. The Morgan fingerprint density at radius 2 is 2.62 bits per heavy atom. The van der Waals surface area contributed by atoms with Crippen molar-refractivity contribution in [3.63, 3.8) is 0 Å². The van der Waals surface area contributed by atoms with Gasteiger partial charge >= 0.3 is 5.97 Å². The minimum Gasteiger partial charge on any atom is -0.433 e. The maximum absolute atomic E-state index is 10.3. The minimum absolute atomic E-state index is 0.132. The Morgan fingerprint density at radius 1 is 1.75 bits per heavy atom. The maximum Gasteiger partial charge on any atom is 0.332 e. The number of nitrogens with zero attached hydrogens (tertiary/aromatic N) is 1. The molecule has 0 unspecified atom stereocenters. The third-order valence-corrected chi connectivity index (χ3v) is 0.690. The van der Waals surface area contributed by atoms with Crippen molar-refractivity contribution in [2.75, 3.05) is 6.54 Å². The van der Waals surface area contributed by atoms with Gasteiger partial charge in [-0.2, -0.15) is 0 Å². The van der Waals surface area contributed by atoms with Crippen molar-refractivity contribution < 1.29 is 9.53 Å². The second kappa shape index (κ2) is 2.26. The van der Waals surface area contributed by atoms with Gasteiger partial charge in [0, 0.05) is 6.21 Å². The van der Waals surface area contributed by atoms with Crippen LogP contribution in [-0.4, -0.2) is 18.7 Å². The molecular weight excluding hydrogens is 106 g/mol. The lowest BCUT2D eigenvalue weighted by molar-refractivity contribution is -0.136. The number of cyclic esters (lactones) is 1. The molecule has 0 atom stereocenters. The van der Waals surface area contributed by atoms with E-state index in [0.717, 1.165) is 0 Å². The number of carbonyl (C=O) groups excluding carboxylic acids is 1. The van der Waals surface area contributed by atoms with Gasteiger partial charge in [-0.1, -0.05) is 0 Å². The summed E-state index contributed by atoms with van der Waals surface area (Å²) < 4.78 is 4.46. The van der Waals surface area contributed by atoms with Crippen LogP contribution in [0, 0.1) is 0 Å². The van der Waals surface area contributed by atoms with Crippen LogP contribution < -0.4 is 0 Å². The van der Waals surface area contributed by atoms with Gasteiger partial charge < -0.3 is 4.74 Å². The van der Waals surface area contributed by atoms with Crippen LogP contribution in [0.5, 0.6) is 0 Å². The number of esters is 1. The lowest BCUT2D eigenvalue weighted by atomic mass is 10.7. The Labute approximate surface area is 46.7 Å². The highest BCUT2D eigenvalue weighted by atomic mass is 16.5. The molecule has 0 radical (unpaired) electrons. The Hall–Kier alpha value is -1.12. The van der Waals surface area contributed by atoms with Gasteiger partial charge in [0.1, 0.15) is 6.54 Å². The van der Waals surface area contributed by atoms with Gasteiger partial charge in [0.2, 0.25) is 0 Å². The van der Waals surface area contributed by atoms with E-state index < -0.39 is 0 Å². The molecule has 0 aromatic carbocycles. The van der Waals surface area contributed by atoms with Gasteiger partial charge in [0.15, 0.2) is 0 Å². The molecule has 0 N–H and O–H groups in total. The first-order valence-electron chi connectivity index (χ1n) is 2.24. The molecule has 1 rings (SSSR count). The van der Waals surface area contributed by atoms with Crippen LogP contribution in [0.25, 0.3) is 0 Å². The minimum atomic E-state index is -0.310. The quantitative estimate of drug-likeness (QED) is 0.417. The molecule has 3 heteroatoms. The van der Waals surface area contributed by atoms with Crippen LogP contribution in [0.3, 0.4) is 0 Å². The Bertz CT molecular complexity index is 133. The van der Waals surface area contributed by atoms with Crippen molar-refractivity contribution in [2.45, 2.75) is 0 Å². The zero-order valence-electron chi connectivity index (χ0n) is 4.20. The zero-order valence-corrected chi connectivity index (χ0v) is 4.20. The van der Waals surface area contributed by atoms with Gasteiger partial charge in [-0.3, -0.25) is 4.99 Å².